The van der Waals surface area contributed by atoms with Gasteiger partial charge in [-0.1, -0.05) is 0 Å². The van der Waals surface area contributed by atoms with Crippen LogP contribution in [0.25, 0.3) is 0 Å². The van der Waals surface area contributed by atoms with E-state index in [1.807, 2.05) is 0 Å². The predicted molar refractivity (Wildman–Crippen MR) is 37.3 cm³/mol. The maximum Gasteiger partial charge on any atom is 0.209 e. The van der Waals surface area contributed by atoms with Gasteiger partial charge in [-0.05, 0) is 12.8 Å². The van der Waals surface area contributed by atoms with Crippen molar-refractivity contribution in [3.05, 3.63) is 0 Å². The zero-order chi connectivity index (χ0) is 7.19. The highest BCUT2D eigenvalue weighted by Gasteiger charge is 2.53. The fraction of sp³-hybridized carbons (Fsp3) is 0.857. The quantitative estimate of drug-likeness (QED) is 0.502. The van der Waals surface area contributed by atoms with E-state index in [1.165, 1.54) is 12.8 Å². The van der Waals surface area contributed by atoms with Gasteiger partial charge >= 0.3 is 0 Å². The van der Waals surface area contributed by atoms with Crippen molar-refractivity contribution in [3.63, 3.8) is 0 Å². The van der Waals surface area contributed by atoms with Crippen molar-refractivity contribution < 1.29 is 4.79 Å². The van der Waals surface area contributed by atoms with Crippen molar-refractivity contribution in [1.82, 2.24) is 4.90 Å². The van der Waals surface area contributed by atoms with Gasteiger partial charge in [0, 0.05) is 24.5 Å². The Balaban J connectivity index is 2.08. The third kappa shape index (κ3) is 0.669. The van der Waals surface area contributed by atoms with E-state index in [0.717, 1.165) is 19.5 Å². The molecular weight excluding hydrogens is 128 g/mol. The summed E-state index contributed by atoms with van der Waals surface area (Å²) in [6, 6.07) is 0.248. The molecule has 56 valence electrons. The van der Waals surface area contributed by atoms with Crippen LogP contribution >= 0.6 is 0 Å². The number of hydrogen-bond acceptors (Lipinski definition) is 2. The molecule has 1 aliphatic carbocycles. The van der Waals surface area contributed by atoms with Crippen molar-refractivity contribution in [3.8, 4) is 0 Å². The van der Waals surface area contributed by atoms with E-state index in [-0.39, 0.29) is 6.04 Å². The number of likely N-dealkylation sites (tertiary alicyclic amines) is 1. The number of nitrogens with zero attached hydrogens (tertiary/aromatic N) is 1. The maximum absolute atomic E-state index is 10.3. The first-order valence-corrected chi connectivity index (χ1v) is 3.72. The summed E-state index contributed by atoms with van der Waals surface area (Å²) in [4.78, 5) is 12.1. The molecule has 2 rings (SSSR count). The number of amides is 1. The number of rotatable bonds is 1. The van der Waals surface area contributed by atoms with Crippen LogP contribution in [0.4, 0.5) is 0 Å². The van der Waals surface area contributed by atoms with Gasteiger partial charge in [0.05, 0.1) is 0 Å². The molecule has 2 aliphatic rings. The molecule has 0 radical (unpaired) electrons. The van der Waals surface area contributed by atoms with Crippen LogP contribution in [0.2, 0.25) is 0 Å². The van der Waals surface area contributed by atoms with Gasteiger partial charge in [-0.25, -0.2) is 0 Å². The van der Waals surface area contributed by atoms with Crippen molar-refractivity contribution >= 4 is 6.41 Å². The Hall–Kier alpha value is -0.570. The van der Waals surface area contributed by atoms with Gasteiger partial charge in [-0.2, -0.15) is 0 Å². The summed E-state index contributed by atoms with van der Waals surface area (Å²) in [7, 11) is 0. The monoisotopic (exact) mass is 140 g/mol. The van der Waals surface area contributed by atoms with Crippen molar-refractivity contribution in [2.45, 2.75) is 18.9 Å². The van der Waals surface area contributed by atoms with E-state index >= 15 is 0 Å². The van der Waals surface area contributed by atoms with Crippen LogP contribution in [-0.2, 0) is 4.79 Å². The van der Waals surface area contributed by atoms with E-state index in [4.69, 9.17) is 5.73 Å². The van der Waals surface area contributed by atoms with E-state index < -0.39 is 0 Å². The first kappa shape index (κ1) is 6.16. The number of carbonyl (C=O) groups is 1. The molecule has 1 saturated carbocycles. The normalized spacial score (nSPS) is 34.9. The van der Waals surface area contributed by atoms with Crippen molar-refractivity contribution in [2.24, 2.45) is 11.1 Å². The molecule has 10 heavy (non-hydrogen) atoms. The van der Waals surface area contributed by atoms with Gasteiger partial charge in [0.1, 0.15) is 0 Å². The van der Waals surface area contributed by atoms with E-state index in [9.17, 15) is 4.79 Å². The lowest BCUT2D eigenvalue weighted by atomic mass is 10.0. The topological polar surface area (TPSA) is 46.3 Å². The standard InChI is InChI=1S/C7H12N2O/c8-6-3-9(5-10)4-7(6)1-2-7/h5-6H,1-4,8H2/t6-/m1/s1. The van der Waals surface area contributed by atoms with E-state index in [2.05, 4.69) is 0 Å². The van der Waals surface area contributed by atoms with Gasteiger partial charge in [-0.3, -0.25) is 4.79 Å². The lowest BCUT2D eigenvalue weighted by Crippen LogP contribution is -2.30. The second kappa shape index (κ2) is 1.72. The van der Waals surface area contributed by atoms with Crippen molar-refractivity contribution in [1.29, 1.82) is 0 Å². The van der Waals surface area contributed by atoms with Crippen LogP contribution in [0.15, 0.2) is 0 Å². The molecule has 1 spiro atoms. The Labute approximate surface area is 60.2 Å². The summed E-state index contributed by atoms with van der Waals surface area (Å²) >= 11 is 0. The fourth-order valence-electron chi connectivity index (χ4n) is 1.80. The van der Waals surface area contributed by atoms with Crippen LogP contribution in [-0.4, -0.2) is 30.4 Å². The molecule has 0 aromatic rings. The minimum Gasteiger partial charge on any atom is -0.343 e. The predicted octanol–water partition coefficient (Wildman–Crippen LogP) is -0.434. The summed E-state index contributed by atoms with van der Waals surface area (Å²) in [5.74, 6) is 0. The lowest BCUT2D eigenvalue weighted by molar-refractivity contribution is -0.117. The zero-order valence-electron chi connectivity index (χ0n) is 5.92. The third-order valence-corrected chi connectivity index (χ3v) is 2.78. The Morgan fingerprint density at radius 2 is 2.30 bits per heavy atom. The van der Waals surface area contributed by atoms with Crippen molar-refractivity contribution in [2.75, 3.05) is 13.1 Å². The highest BCUT2D eigenvalue weighted by Crippen LogP contribution is 2.51. The summed E-state index contributed by atoms with van der Waals surface area (Å²) in [5.41, 5.74) is 6.19. The molecule has 2 N–H and O–H groups in total. The van der Waals surface area contributed by atoms with Crippen LogP contribution in [0.1, 0.15) is 12.8 Å². The molecule has 0 bridgehead atoms. The molecule has 0 aromatic heterocycles. The fourth-order valence-corrected chi connectivity index (χ4v) is 1.80. The van der Waals surface area contributed by atoms with Crippen LogP contribution in [0.3, 0.4) is 0 Å². The largest absolute Gasteiger partial charge is 0.343 e. The highest BCUT2D eigenvalue weighted by atomic mass is 16.1. The first-order valence-electron chi connectivity index (χ1n) is 3.72. The Kier molecular flexibility index (Phi) is 1.06. The van der Waals surface area contributed by atoms with Crippen LogP contribution in [0, 0.1) is 5.41 Å². The molecular formula is C7H12N2O. The molecule has 3 nitrogen and oxygen atoms in total. The average Bonchev–Trinajstić information content (AvgIpc) is 2.60. The first-order chi connectivity index (χ1) is 4.77. The molecule has 0 aromatic carbocycles. The van der Waals surface area contributed by atoms with Gasteiger partial charge in [0.2, 0.25) is 6.41 Å². The molecule has 1 aliphatic heterocycles. The summed E-state index contributed by atoms with van der Waals surface area (Å²) in [5, 5.41) is 0. The highest BCUT2D eigenvalue weighted by molar-refractivity contribution is 5.49. The number of carbonyl (C=O) groups excluding carboxylic acids is 1. The minimum absolute atomic E-state index is 0.248. The number of nitrogens with two attached hydrogens (primary N) is 1. The number of hydrogen-bond donors (Lipinski definition) is 1. The van der Waals surface area contributed by atoms with Gasteiger partial charge in [-0.15, -0.1) is 0 Å². The zero-order valence-corrected chi connectivity index (χ0v) is 5.92. The van der Waals surface area contributed by atoms with E-state index in [0.29, 0.717) is 5.41 Å². The molecule has 1 heterocycles. The molecule has 1 saturated heterocycles. The molecule has 1 atom stereocenters. The second-order valence-corrected chi connectivity index (χ2v) is 3.50. The summed E-state index contributed by atoms with van der Waals surface area (Å²) < 4.78 is 0. The van der Waals surface area contributed by atoms with Gasteiger partial charge in [0.25, 0.3) is 0 Å². The molecule has 2 fully saturated rings. The third-order valence-electron chi connectivity index (χ3n) is 2.78. The smallest absolute Gasteiger partial charge is 0.209 e. The Morgan fingerprint density at radius 3 is 2.60 bits per heavy atom. The molecule has 0 unspecified atom stereocenters. The summed E-state index contributed by atoms with van der Waals surface area (Å²) in [6.07, 6.45) is 3.35. The van der Waals surface area contributed by atoms with Gasteiger partial charge < -0.3 is 10.6 Å². The Bertz CT molecular complexity index is 165. The molecule has 1 amide bonds. The molecule has 3 heteroatoms. The second-order valence-electron chi connectivity index (χ2n) is 3.50. The summed E-state index contributed by atoms with van der Waals surface area (Å²) in [6.45, 7) is 1.67. The van der Waals surface area contributed by atoms with E-state index in [1.54, 1.807) is 4.90 Å². The Morgan fingerprint density at radius 1 is 1.60 bits per heavy atom. The van der Waals surface area contributed by atoms with Crippen LogP contribution in [0.5, 0.6) is 0 Å². The SMILES string of the molecule is N[C@@H]1CN(C=O)CC12CC2. The maximum atomic E-state index is 10.3. The minimum atomic E-state index is 0.248. The average molecular weight is 140 g/mol. The van der Waals surface area contributed by atoms with Gasteiger partial charge in [0.15, 0.2) is 0 Å². The van der Waals surface area contributed by atoms with Crippen LogP contribution < -0.4 is 5.73 Å². The lowest BCUT2D eigenvalue weighted by Gasteiger charge is -2.08.